The van der Waals surface area contributed by atoms with Crippen molar-refractivity contribution in [3.8, 4) is 10.7 Å². The maximum Gasteiger partial charge on any atom is 0.248 e. The van der Waals surface area contributed by atoms with Gasteiger partial charge in [0.2, 0.25) is 11.7 Å². The molecule has 1 aromatic carbocycles. The lowest BCUT2D eigenvalue weighted by Crippen LogP contribution is -2.21. The molecule has 0 aliphatic carbocycles. The summed E-state index contributed by atoms with van der Waals surface area (Å²) in [4.78, 5) is 14.5. The molecule has 1 amide bonds. The summed E-state index contributed by atoms with van der Waals surface area (Å²) in [6, 6.07) is 7.94. The molecule has 0 aliphatic heterocycles. The predicted octanol–water partition coefficient (Wildman–Crippen LogP) is 2.97. The van der Waals surface area contributed by atoms with Crippen LogP contribution in [0, 0.1) is 20.8 Å². The highest BCUT2D eigenvalue weighted by atomic mass is 32.1. The molecule has 3 aromatic rings. The average Bonchev–Trinajstić information content (AvgIpc) is 3.13. The Balaban J connectivity index is 1.71. The summed E-state index contributed by atoms with van der Waals surface area (Å²) in [6.45, 7) is 6.04. The Hall–Kier alpha value is -2.54. The smallest absolute Gasteiger partial charge is 0.248 e. The minimum absolute atomic E-state index is 0.0329. The first-order valence-corrected chi connectivity index (χ1v) is 8.10. The molecule has 0 aliphatic rings. The minimum atomic E-state index is -0.171. The number of hydrogen-bond donors (Lipinski definition) is 1. The summed E-state index contributed by atoms with van der Waals surface area (Å²) in [5, 5.41) is 17.0. The third kappa shape index (κ3) is 3.45. The SMILES string of the molecule is Cc1cc(C)c(NC(=O)Cn2nnc(-c3cccs3)n2)c(C)c1. The van der Waals surface area contributed by atoms with E-state index in [2.05, 4.69) is 20.7 Å². The number of tetrazole rings is 1. The highest BCUT2D eigenvalue weighted by Crippen LogP contribution is 2.22. The molecule has 0 unspecified atom stereocenters. The topological polar surface area (TPSA) is 72.7 Å². The zero-order valence-electron chi connectivity index (χ0n) is 13.2. The first-order valence-electron chi connectivity index (χ1n) is 7.22. The van der Waals surface area contributed by atoms with E-state index in [-0.39, 0.29) is 12.5 Å². The minimum Gasteiger partial charge on any atom is -0.324 e. The van der Waals surface area contributed by atoms with Crippen molar-refractivity contribution in [3.63, 3.8) is 0 Å². The van der Waals surface area contributed by atoms with Gasteiger partial charge in [-0.25, -0.2) is 0 Å². The summed E-state index contributed by atoms with van der Waals surface area (Å²) in [6.07, 6.45) is 0. The molecule has 0 bridgehead atoms. The van der Waals surface area contributed by atoms with Crippen molar-refractivity contribution in [2.24, 2.45) is 0 Å². The van der Waals surface area contributed by atoms with E-state index in [4.69, 9.17) is 0 Å². The highest BCUT2D eigenvalue weighted by molar-refractivity contribution is 7.13. The predicted molar refractivity (Wildman–Crippen MR) is 90.4 cm³/mol. The Bertz CT molecular complexity index is 815. The first kappa shape index (κ1) is 15.4. The van der Waals surface area contributed by atoms with Crippen molar-refractivity contribution in [3.05, 3.63) is 46.3 Å². The van der Waals surface area contributed by atoms with E-state index in [0.29, 0.717) is 5.82 Å². The highest BCUT2D eigenvalue weighted by Gasteiger charge is 2.12. The van der Waals surface area contributed by atoms with Crippen molar-refractivity contribution >= 4 is 22.9 Å². The molecule has 0 fully saturated rings. The van der Waals surface area contributed by atoms with Gasteiger partial charge >= 0.3 is 0 Å². The summed E-state index contributed by atoms with van der Waals surface area (Å²) >= 11 is 1.54. The lowest BCUT2D eigenvalue weighted by molar-refractivity contribution is -0.117. The van der Waals surface area contributed by atoms with Crippen LogP contribution in [0.25, 0.3) is 10.7 Å². The molecule has 23 heavy (non-hydrogen) atoms. The van der Waals surface area contributed by atoms with Crippen LogP contribution in [-0.4, -0.2) is 26.1 Å². The fourth-order valence-electron chi connectivity index (χ4n) is 2.50. The number of nitrogens with one attached hydrogen (secondary N) is 1. The van der Waals surface area contributed by atoms with E-state index >= 15 is 0 Å². The summed E-state index contributed by atoms with van der Waals surface area (Å²) < 4.78 is 0. The second-order valence-electron chi connectivity index (χ2n) is 5.44. The molecular weight excluding hydrogens is 310 g/mol. The van der Waals surface area contributed by atoms with Crippen LogP contribution in [0.5, 0.6) is 0 Å². The Morgan fingerprint density at radius 1 is 1.26 bits per heavy atom. The van der Waals surface area contributed by atoms with Gasteiger partial charge in [-0.05, 0) is 48.6 Å². The quantitative estimate of drug-likeness (QED) is 0.799. The second-order valence-corrected chi connectivity index (χ2v) is 6.39. The molecular formula is C16H17N5OS. The number of aryl methyl sites for hydroxylation is 3. The van der Waals surface area contributed by atoms with Crippen molar-refractivity contribution in [1.29, 1.82) is 0 Å². The molecule has 2 heterocycles. The van der Waals surface area contributed by atoms with E-state index in [1.807, 2.05) is 50.4 Å². The molecule has 0 saturated carbocycles. The molecule has 2 aromatic heterocycles. The van der Waals surface area contributed by atoms with Crippen LogP contribution in [0.15, 0.2) is 29.6 Å². The van der Waals surface area contributed by atoms with Gasteiger partial charge in [0.15, 0.2) is 0 Å². The fourth-order valence-corrected chi connectivity index (χ4v) is 3.15. The standard InChI is InChI=1S/C16H17N5OS/c1-10-7-11(2)15(12(3)8-10)17-14(22)9-21-19-16(18-20-21)13-5-4-6-23-13/h4-8H,9H2,1-3H3,(H,17,22). The van der Waals surface area contributed by atoms with Gasteiger partial charge in [-0.2, -0.15) is 4.80 Å². The van der Waals surface area contributed by atoms with E-state index in [0.717, 1.165) is 21.7 Å². The van der Waals surface area contributed by atoms with Crippen LogP contribution >= 0.6 is 11.3 Å². The monoisotopic (exact) mass is 327 g/mol. The maximum atomic E-state index is 12.2. The summed E-state index contributed by atoms with van der Waals surface area (Å²) in [5.41, 5.74) is 4.11. The van der Waals surface area contributed by atoms with Gasteiger partial charge in [-0.15, -0.1) is 21.5 Å². The fraction of sp³-hybridized carbons (Fsp3) is 0.250. The van der Waals surface area contributed by atoms with Crippen molar-refractivity contribution in [1.82, 2.24) is 20.2 Å². The number of hydrogen-bond acceptors (Lipinski definition) is 5. The molecule has 118 valence electrons. The van der Waals surface area contributed by atoms with Gasteiger partial charge in [0.25, 0.3) is 0 Å². The van der Waals surface area contributed by atoms with Gasteiger partial charge in [0.05, 0.1) is 4.88 Å². The Kier molecular flexibility index (Phi) is 4.20. The van der Waals surface area contributed by atoms with Crippen LogP contribution in [0.3, 0.4) is 0 Å². The molecule has 6 nitrogen and oxygen atoms in total. The lowest BCUT2D eigenvalue weighted by atomic mass is 10.1. The van der Waals surface area contributed by atoms with E-state index in [1.54, 1.807) is 0 Å². The summed E-state index contributed by atoms with van der Waals surface area (Å²) in [7, 11) is 0. The molecule has 3 rings (SSSR count). The Morgan fingerprint density at radius 2 is 2.00 bits per heavy atom. The number of benzene rings is 1. The zero-order chi connectivity index (χ0) is 16.4. The Labute approximate surface area is 138 Å². The zero-order valence-corrected chi connectivity index (χ0v) is 14.0. The van der Waals surface area contributed by atoms with Gasteiger partial charge < -0.3 is 5.32 Å². The van der Waals surface area contributed by atoms with Gasteiger partial charge in [-0.3, -0.25) is 4.79 Å². The molecule has 7 heteroatoms. The number of anilines is 1. The van der Waals surface area contributed by atoms with Crippen LogP contribution in [0.4, 0.5) is 5.69 Å². The van der Waals surface area contributed by atoms with Gasteiger partial charge in [0.1, 0.15) is 6.54 Å². The number of carbonyl (C=O) groups excluding carboxylic acids is 1. The van der Waals surface area contributed by atoms with Crippen LogP contribution in [-0.2, 0) is 11.3 Å². The summed E-state index contributed by atoms with van der Waals surface area (Å²) in [5.74, 6) is 0.366. The molecule has 0 atom stereocenters. The lowest BCUT2D eigenvalue weighted by Gasteiger charge is -2.12. The third-order valence-corrected chi connectivity index (χ3v) is 4.29. The third-order valence-electron chi connectivity index (χ3n) is 3.42. The van der Waals surface area contributed by atoms with Crippen molar-refractivity contribution in [2.75, 3.05) is 5.32 Å². The van der Waals surface area contributed by atoms with Crippen LogP contribution in [0.2, 0.25) is 0 Å². The number of amides is 1. The maximum absolute atomic E-state index is 12.2. The normalized spacial score (nSPS) is 10.7. The van der Waals surface area contributed by atoms with Gasteiger partial charge in [-0.1, -0.05) is 23.8 Å². The number of carbonyl (C=O) groups is 1. The number of nitrogens with zero attached hydrogens (tertiary/aromatic N) is 4. The Morgan fingerprint density at radius 3 is 2.65 bits per heavy atom. The second kappa shape index (κ2) is 6.29. The van der Waals surface area contributed by atoms with Crippen molar-refractivity contribution < 1.29 is 4.79 Å². The number of rotatable bonds is 4. The van der Waals surface area contributed by atoms with Gasteiger partial charge in [0, 0.05) is 5.69 Å². The van der Waals surface area contributed by atoms with E-state index < -0.39 is 0 Å². The largest absolute Gasteiger partial charge is 0.324 e. The number of aromatic nitrogens is 4. The number of thiophene rings is 1. The molecule has 1 N–H and O–H groups in total. The molecule has 0 spiro atoms. The first-order chi connectivity index (χ1) is 11.0. The molecule has 0 saturated heterocycles. The van der Waals surface area contributed by atoms with Crippen molar-refractivity contribution in [2.45, 2.75) is 27.3 Å². The van der Waals surface area contributed by atoms with Crippen LogP contribution in [0.1, 0.15) is 16.7 Å². The van der Waals surface area contributed by atoms with Crippen LogP contribution < -0.4 is 5.32 Å². The molecule has 0 radical (unpaired) electrons. The van der Waals surface area contributed by atoms with E-state index in [1.165, 1.54) is 21.7 Å². The van der Waals surface area contributed by atoms with E-state index in [9.17, 15) is 4.79 Å². The average molecular weight is 327 g/mol.